The van der Waals surface area contributed by atoms with Gasteiger partial charge < -0.3 is 10.1 Å². The Morgan fingerprint density at radius 1 is 1.67 bits per heavy atom. The summed E-state index contributed by atoms with van der Waals surface area (Å²) in [5, 5.41) is 4.90. The van der Waals surface area contributed by atoms with Crippen molar-refractivity contribution < 1.29 is 9.53 Å². The fourth-order valence-corrected chi connectivity index (χ4v) is 1.97. The van der Waals surface area contributed by atoms with Crippen molar-refractivity contribution in [2.24, 2.45) is 0 Å². The fraction of sp³-hybridized carbons (Fsp3) is 0.375. The molecule has 0 bridgehead atoms. The number of hydrogen-bond donors (Lipinski definition) is 1. The van der Waals surface area contributed by atoms with E-state index in [1.807, 2.05) is 12.3 Å². The standard InChI is InChI=1S/C8H11NO2S/c1-5-4-12-7(6(5)9-2)8(10)11-3/h4,9H,1-3H3. The largest absolute Gasteiger partial charge is 0.465 e. The van der Waals surface area contributed by atoms with Crippen LogP contribution in [0.4, 0.5) is 5.69 Å². The second-order valence-corrected chi connectivity index (χ2v) is 3.24. The maximum Gasteiger partial charge on any atom is 0.350 e. The van der Waals surface area contributed by atoms with Gasteiger partial charge in [-0.1, -0.05) is 0 Å². The van der Waals surface area contributed by atoms with Crippen LogP contribution in [0.15, 0.2) is 5.38 Å². The third-order valence-corrected chi connectivity index (χ3v) is 2.67. The highest BCUT2D eigenvalue weighted by molar-refractivity contribution is 7.12. The molecular weight excluding hydrogens is 174 g/mol. The van der Waals surface area contributed by atoms with E-state index < -0.39 is 0 Å². The van der Waals surface area contributed by atoms with Gasteiger partial charge >= 0.3 is 5.97 Å². The SMILES string of the molecule is CNc1c(C)csc1C(=O)OC. The lowest BCUT2D eigenvalue weighted by Crippen LogP contribution is -2.02. The maximum absolute atomic E-state index is 11.2. The first-order valence-corrected chi connectivity index (χ1v) is 4.42. The van der Waals surface area contributed by atoms with E-state index in [0.29, 0.717) is 4.88 Å². The summed E-state index contributed by atoms with van der Waals surface area (Å²) >= 11 is 1.40. The van der Waals surface area contributed by atoms with Gasteiger partial charge in [0.2, 0.25) is 0 Å². The smallest absolute Gasteiger partial charge is 0.350 e. The third kappa shape index (κ3) is 1.43. The molecule has 0 aromatic carbocycles. The number of esters is 1. The van der Waals surface area contributed by atoms with Crippen LogP contribution in [-0.2, 0) is 4.74 Å². The molecule has 1 aromatic rings. The summed E-state index contributed by atoms with van der Waals surface area (Å²) in [6, 6.07) is 0. The molecule has 0 saturated carbocycles. The Labute approximate surface area is 75.4 Å². The number of nitrogens with one attached hydrogen (secondary N) is 1. The van der Waals surface area contributed by atoms with Crippen molar-refractivity contribution in [1.29, 1.82) is 0 Å². The molecule has 0 atom stereocenters. The molecule has 0 saturated heterocycles. The zero-order valence-electron chi connectivity index (χ0n) is 7.30. The lowest BCUT2D eigenvalue weighted by atomic mass is 10.3. The van der Waals surface area contributed by atoms with Crippen molar-refractivity contribution in [3.05, 3.63) is 15.8 Å². The van der Waals surface area contributed by atoms with E-state index in [4.69, 9.17) is 0 Å². The summed E-state index contributed by atoms with van der Waals surface area (Å²) < 4.78 is 4.62. The van der Waals surface area contributed by atoms with Crippen molar-refractivity contribution in [1.82, 2.24) is 0 Å². The number of carbonyl (C=O) groups excluding carboxylic acids is 1. The fourth-order valence-electron chi connectivity index (χ4n) is 0.998. The molecule has 0 radical (unpaired) electrons. The molecule has 0 aliphatic carbocycles. The van der Waals surface area contributed by atoms with Gasteiger partial charge in [0.05, 0.1) is 12.8 Å². The maximum atomic E-state index is 11.2. The molecule has 0 spiro atoms. The number of methoxy groups -OCH3 is 1. The molecule has 0 amide bonds. The van der Waals surface area contributed by atoms with Gasteiger partial charge in [-0.2, -0.15) is 0 Å². The molecule has 1 rings (SSSR count). The summed E-state index contributed by atoms with van der Waals surface area (Å²) in [6.07, 6.45) is 0. The quantitative estimate of drug-likeness (QED) is 0.715. The number of hydrogen-bond acceptors (Lipinski definition) is 4. The zero-order chi connectivity index (χ0) is 9.14. The van der Waals surface area contributed by atoms with Crippen LogP contribution in [0.1, 0.15) is 15.2 Å². The first-order chi connectivity index (χ1) is 5.70. The Morgan fingerprint density at radius 2 is 2.33 bits per heavy atom. The van der Waals surface area contributed by atoms with Crippen LogP contribution >= 0.6 is 11.3 Å². The summed E-state index contributed by atoms with van der Waals surface area (Å²) in [5.41, 5.74) is 1.94. The number of ether oxygens (including phenoxy) is 1. The van der Waals surface area contributed by atoms with E-state index in [1.54, 1.807) is 7.05 Å². The molecule has 0 aliphatic rings. The van der Waals surface area contributed by atoms with Crippen LogP contribution in [0.3, 0.4) is 0 Å². The van der Waals surface area contributed by atoms with Gasteiger partial charge in [-0.15, -0.1) is 11.3 Å². The Morgan fingerprint density at radius 3 is 2.83 bits per heavy atom. The molecule has 0 unspecified atom stereocenters. The molecule has 12 heavy (non-hydrogen) atoms. The molecule has 0 fully saturated rings. The van der Waals surface area contributed by atoms with Gasteiger partial charge in [0.25, 0.3) is 0 Å². The summed E-state index contributed by atoms with van der Waals surface area (Å²) in [4.78, 5) is 11.8. The molecule has 3 nitrogen and oxygen atoms in total. The van der Waals surface area contributed by atoms with E-state index >= 15 is 0 Å². The van der Waals surface area contributed by atoms with Crippen molar-refractivity contribution in [3.8, 4) is 0 Å². The van der Waals surface area contributed by atoms with E-state index in [-0.39, 0.29) is 5.97 Å². The van der Waals surface area contributed by atoms with Gasteiger partial charge in [0, 0.05) is 7.05 Å². The minimum atomic E-state index is -0.280. The molecule has 1 heterocycles. The highest BCUT2D eigenvalue weighted by Crippen LogP contribution is 2.27. The van der Waals surface area contributed by atoms with Gasteiger partial charge in [0.1, 0.15) is 4.88 Å². The number of anilines is 1. The Hall–Kier alpha value is -1.03. The van der Waals surface area contributed by atoms with Crippen molar-refractivity contribution in [2.45, 2.75) is 6.92 Å². The first kappa shape index (κ1) is 9.06. The van der Waals surface area contributed by atoms with Gasteiger partial charge in [-0.05, 0) is 17.9 Å². The number of aryl methyl sites for hydroxylation is 1. The molecule has 4 heteroatoms. The monoisotopic (exact) mass is 185 g/mol. The predicted octanol–water partition coefficient (Wildman–Crippen LogP) is 1.88. The summed E-state index contributed by atoms with van der Waals surface area (Å²) in [7, 11) is 3.18. The highest BCUT2D eigenvalue weighted by Gasteiger charge is 2.14. The van der Waals surface area contributed by atoms with Crippen molar-refractivity contribution in [3.63, 3.8) is 0 Å². The summed E-state index contributed by atoms with van der Waals surface area (Å²) in [5.74, 6) is -0.280. The second kappa shape index (κ2) is 3.58. The average Bonchev–Trinajstić information content (AvgIpc) is 2.45. The van der Waals surface area contributed by atoms with Crippen molar-refractivity contribution >= 4 is 23.0 Å². The zero-order valence-corrected chi connectivity index (χ0v) is 8.12. The minimum absolute atomic E-state index is 0.280. The molecule has 1 aromatic heterocycles. The van der Waals surface area contributed by atoms with Crippen LogP contribution in [0.2, 0.25) is 0 Å². The Balaban J connectivity index is 3.07. The Bertz CT molecular complexity index is 293. The number of rotatable bonds is 2. The van der Waals surface area contributed by atoms with Crippen LogP contribution in [0, 0.1) is 6.92 Å². The molecule has 0 aliphatic heterocycles. The lowest BCUT2D eigenvalue weighted by molar-refractivity contribution is 0.0607. The first-order valence-electron chi connectivity index (χ1n) is 3.54. The van der Waals surface area contributed by atoms with Crippen LogP contribution in [0.25, 0.3) is 0 Å². The minimum Gasteiger partial charge on any atom is -0.465 e. The normalized spacial score (nSPS) is 9.58. The molecule has 66 valence electrons. The van der Waals surface area contributed by atoms with E-state index in [1.165, 1.54) is 18.4 Å². The Kier molecular flexibility index (Phi) is 2.70. The third-order valence-electron chi connectivity index (χ3n) is 1.60. The van der Waals surface area contributed by atoms with Gasteiger partial charge in [0.15, 0.2) is 0 Å². The summed E-state index contributed by atoms with van der Waals surface area (Å²) in [6.45, 7) is 1.95. The van der Waals surface area contributed by atoms with Gasteiger partial charge in [-0.3, -0.25) is 0 Å². The molecular formula is C8H11NO2S. The second-order valence-electron chi connectivity index (χ2n) is 2.36. The topological polar surface area (TPSA) is 38.3 Å². The van der Waals surface area contributed by atoms with Gasteiger partial charge in [-0.25, -0.2) is 4.79 Å². The van der Waals surface area contributed by atoms with Crippen molar-refractivity contribution in [2.75, 3.05) is 19.5 Å². The van der Waals surface area contributed by atoms with E-state index in [0.717, 1.165) is 11.3 Å². The van der Waals surface area contributed by atoms with Crippen LogP contribution < -0.4 is 5.32 Å². The number of carbonyl (C=O) groups is 1. The number of thiophene rings is 1. The average molecular weight is 185 g/mol. The molecule has 1 N–H and O–H groups in total. The lowest BCUT2D eigenvalue weighted by Gasteiger charge is -2.01. The highest BCUT2D eigenvalue weighted by atomic mass is 32.1. The van der Waals surface area contributed by atoms with E-state index in [2.05, 4.69) is 10.1 Å². The van der Waals surface area contributed by atoms with E-state index in [9.17, 15) is 4.79 Å². The predicted molar refractivity (Wildman–Crippen MR) is 49.9 cm³/mol. The van der Waals surface area contributed by atoms with Crippen LogP contribution in [0.5, 0.6) is 0 Å². The van der Waals surface area contributed by atoms with Crippen LogP contribution in [-0.4, -0.2) is 20.1 Å².